The maximum Gasteiger partial charge on any atom is 0.335 e. The monoisotopic (exact) mass is 297 g/mol. The van der Waals surface area contributed by atoms with Crippen LogP contribution < -0.4 is 10.6 Å². The van der Waals surface area contributed by atoms with Crippen LogP contribution in [0.15, 0.2) is 18.2 Å². The van der Waals surface area contributed by atoms with E-state index in [0.717, 1.165) is 19.5 Å². The molecule has 1 aromatic rings. The van der Waals surface area contributed by atoms with Gasteiger partial charge in [0.2, 0.25) is 0 Å². The Kier molecular flexibility index (Phi) is 4.46. The Morgan fingerprint density at radius 2 is 2.20 bits per heavy atom. The Morgan fingerprint density at radius 3 is 2.75 bits per heavy atom. The number of carboxylic acid groups (broad SMARTS) is 1. The van der Waals surface area contributed by atoms with Gasteiger partial charge >= 0.3 is 12.0 Å². The second-order valence-corrected chi connectivity index (χ2v) is 5.25. The first-order valence-corrected chi connectivity index (χ1v) is 6.62. The molecular weight excluding hydrogens is 282 g/mol. The molecule has 1 unspecified atom stereocenters. The van der Waals surface area contributed by atoms with Gasteiger partial charge in [0.1, 0.15) is 0 Å². The Bertz CT molecular complexity index is 536. The van der Waals surface area contributed by atoms with Crippen LogP contribution in [-0.2, 0) is 0 Å². The number of hydrogen-bond acceptors (Lipinski definition) is 3. The fourth-order valence-electron chi connectivity index (χ4n) is 2.15. The van der Waals surface area contributed by atoms with Gasteiger partial charge in [-0.25, -0.2) is 9.59 Å². The quantitative estimate of drug-likeness (QED) is 0.795. The van der Waals surface area contributed by atoms with E-state index in [9.17, 15) is 9.59 Å². The summed E-state index contributed by atoms with van der Waals surface area (Å²) in [6.07, 6.45) is 0.912. The molecule has 0 spiro atoms. The third-order valence-corrected chi connectivity index (χ3v) is 3.50. The van der Waals surface area contributed by atoms with E-state index in [1.165, 1.54) is 18.2 Å². The third kappa shape index (κ3) is 3.61. The predicted molar refractivity (Wildman–Crippen MR) is 76.5 cm³/mol. The Labute approximate surface area is 121 Å². The van der Waals surface area contributed by atoms with Gasteiger partial charge in [-0.15, -0.1) is 0 Å². The highest BCUT2D eigenvalue weighted by molar-refractivity contribution is 6.34. The highest BCUT2D eigenvalue weighted by atomic mass is 35.5. The van der Waals surface area contributed by atoms with Gasteiger partial charge in [-0.1, -0.05) is 11.6 Å². The lowest BCUT2D eigenvalue weighted by Gasteiger charge is -2.14. The van der Waals surface area contributed by atoms with Crippen molar-refractivity contribution in [1.29, 1.82) is 0 Å². The van der Waals surface area contributed by atoms with Crippen molar-refractivity contribution < 1.29 is 14.7 Å². The number of likely N-dealkylation sites (N-methyl/N-ethyl adjacent to an activating group) is 1. The molecule has 1 fully saturated rings. The highest BCUT2D eigenvalue weighted by Crippen LogP contribution is 2.23. The van der Waals surface area contributed by atoms with Crippen LogP contribution in [0.25, 0.3) is 0 Å². The number of nitrogens with one attached hydrogen (secondary N) is 2. The Hall–Kier alpha value is -1.79. The van der Waals surface area contributed by atoms with Crippen LogP contribution >= 0.6 is 11.6 Å². The zero-order chi connectivity index (χ0) is 14.7. The van der Waals surface area contributed by atoms with Crippen LogP contribution in [0, 0.1) is 0 Å². The number of hydrogen-bond donors (Lipinski definition) is 3. The normalized spacial score (nSPS) is 18.8. The van der Waals surface area contributed by atoms with Gasteiger partial charge in [-0.2, -0.15) is 0 Å². The van der Waals surface area contributed by atoms with Gasteiger partial charge in [0, 0.05) is 12.6 Å². The van der Waals surface area contributed by atoms with E-state index >= 15 is 0 Å². The van der Waals surface area contributed by atoms with Crippen LogP contribution in [0.2, 0.25) is 5.02 Å². The topological polar surface area (TPSA) is 81.7 Å². The van der Waals surface area contributed by atoms with Gasteiger partial charge < -0.3 is 20.6 Å². The number of carbonyl (C=O) groups excluding carboxylic acids is 1. The fourth-order valence-corrected chi connectivity index (χ4v) is 2.37. The van der Waals surface area contributed by atoms with E-state index in [1.54, 1.807) is 0 Å². The molecule has 0 bridgehead atoms. The van der Waals surface area contributed by atoms with Crippen molar-refractivity contribution in [2.75, 3.05) is 25.5 Å². The summed E-state index contributed by atoms with van der Waals surface area (Å²) in [7, 11) is 2.00. The van der Waals surface area contributed by atoms with E-state index in [0.29, 0.717) is 5.69 Å². The fraction of sp³-hybridized carbons (Fsp3) is 0.385. The van der Waals surface area contributed by atoms with Crippen molar-refractivity contribution in [3.8, 4) is 0 Å². The molecule has 0 aliphatic carbocycles. The third-order valence-electron chi connectivity index (χ3n) is 3.19. The maximum atomic E-state index is 11.8. The molecule has 7 heteroatoms. The summed E-state index contributed by atoms with van der Waals surface area (Å²) in [5, 5.41) is 14.5. The van der Waals surface area contributed by atoms with Gasteiger partial charge in [0.05, 0.1) is 16.3 Å². The van der Waals surface area contributed by atoms with Crippen LogP contribution in [0.3, 0.4) is 0 Å². The molecule has 0 aromatic heterocycles. The molecule has 1 aliphatic heterocycles. The highest BCUT2D eigenvalue weighted by Gasteiger charge is 2.21. The zero-order valence-corrected chi connectivity index (χ0v) is 11.8. The van der Waals surface area contributed by atoms with E-state index in [4.69, 9.17) is 16.7 Å². The lowest BCUT2D eigenvalue weighted by molar-refractivity contribution is 0.0697. The minimum Gasteiger partial charge on any atom is -0.478 e. The largest absolute Gasteiger partial charge is 0.478 e. The van der Waals surface area contributed by atoms with Crippen LogP contribution in [0.1, 0.15) is 16.8 Å². The van der Waals surface area contributed by atoms with Crippen molar-refractivity contribution >= 4 is 29.3 Å². The average Bonchev–Trinajstić information content (AvgIpc) is 2.77. The van der Waals surface area contributed by atoms with Crippen molar-refractivity contribution in [1.82, 2.24) is 10.2 Å². The van der Waals surface area contributed by atoms with E-state index in [1.807, 2.05) is 7.05 Å². The molecule has 1 aromatic carbocycles. The predicted octanol–water partition coefficient (Wildman–Crippen LogP) is 1.86. The van der Waals surface area contributed by atoms with E-state index in [2.05, 4.69) is 15.5 Å². The zero-order valence-electron chi connectivity index (χ0n) is 11.0. The number of likely N-dealkylation sites (tertiary alicyclic amines) is 1. The molecule has 20 heavy (non-hydrogen) atoms. The number of benzene rings is 1. The molecule has 3 N–H and O–H groups in total. The number of halogens is 1. The van der Waals surface area contributed by atoms with Crippen LogP contribution in [-0.4, -0.2) is 48.2 Å². The number of aromatic carboxylic acids is 1. The van der Waals surface area contributed by atoms with Crippen molar-refractivity contribution in [3.05, 3.63) is 28.8 Å². The molecule has 2 rings (SSSR count). The minimum atomic E-state index is -1.06. The number of rotatable bonds is 3. The molecule has 6 nitrogen and oxygen atoms in total. The van der Waals surface area contributed by atoms with Gasteiger partial charge in [0.15, 0.2) is 0 Å². The number of carboxylic acids is 1. The SMILES string of the molecule is CN1CCC(NC(=O)Nc2ccc(C(=O)O)cc2Cl)C1. The summed E-state index contributed by atoms with van der Waals surface area (Å²) in [6, 6.07) is 3.97. The van der Waals surface area contributed by atoms with E-state index in [-0.39, 0.29) is 22.7 Å². The van der Waals surface area contributed by atoms with Gasteiger partial charge in [-0.05, 0) is 38.2 Å². The van der Waals surface area contributed by atoms with Crippen molar-refractivity contribution in [2.45, 2.75) is 12.5 Å². The maximum absolute atomic E-state index is 11.8. The first kappa shape index (κ1) is 14.6. The molecule has 0 saturated carbocycles. The Morgan fingerprint density at radius 1 is 1.45 bits per heavy atom. The molecular formula is C13H16ClN3O3. The standard InChI is InChI=1S/C13H16ClN3O3/c1-17-5-4-9(7-17)15-13(20)16-11-3-2-8(12(18)19)6-10(11)14/h2-3,6,9H,4-5,7H2,1H3,(H,18,19)(H2,15,16,20). The summed E-state index contributed by atoms with van der Waals surface area (Å²) >= 11 is 5.94. The summed E-state index contributed by atoms with van der Waals surface area (Å²) in [4.78, 5) is 24.8. The summed E-state index contributed by atoms with van der Waals surface area (Å²) in [5.41, 5.74) is 0.471. The number of amides is 2. The molecule has 108 valence electrons. The Balaban J connectivity index is 1.95. The first-order valence-electron chi connectivity index (χ1n) is 6.24. The van der Waals surface area contributed by atoms with Gasteiger partial charge in [0.25, 0.3) is 0 Å². The second-order valence-electron chi connectivity index (χ2n) is 4.85. The molecule has 1 atom stereocenters. The van der Waals surface area contributed by atoms with Gasteiger partial charge in [-0.3, -0.25) is 0 Å². The number of anilines is 1. The number of carbonyl (C=O) groups is 2. The lowest BCUT2D eigenvalue weighted by atomic mass is 10.2. The van der Waals surface area contributed by atoms with Crippen molar-refractivity contribution in [2.24, 2.45) is 0 Å². The minimum absolute atomic E-state index is 0.0818. The summed E-state index contributed by atoms with van der Waals surface area (Å²) in [6.45, 7) is 1.78. The molecule has 1 heterocycles. The van der Waals surface area contributed by atoms with E-state index < -0.39 is 5.97 Å². The molecule has 2 amide bonds. The van der Waals surface area contributed by atoms with Crippen molar-refractivity contribution in [3.63, 3.8) is 0 Å². The van der Waals surface area contributed by atoms with Crippen LogP contribution in [0.5, 0.6) is 0 Å². The molecule has 1 aliphatic rings. The first-order chi connectivity index (χ1) is 9.45. The number of urea groups is 1. The van der Waals surface area contributed by atoms with Crippen LogP contribution in [0.4, 0.5) is 10.5 Å². The smallest absolute Gasteiger partial charge is 0.335 e. The number of nitrogens with zero attached hydrogens (tertiary/aromatic N) is 1. The summed E-state index contributed by atoms with van der Waals surface area (Å²) in [5.74, 6) is -1.06. The molecule has 1 saturated heterocycles. The molecule has 0 radical (unpaired) electrons. The second kappa shape index (κ2) is 6.11. The average molecular weight is 298 g/mol. The lowest BCUT2D eigenvalue weighted by Crippen LogP contribution is -2.39. The summed E-state index contributed by atoms with van der Waals surface area (Å²) < 4.78 is 0.